The van der Waals surface area contributed by atoms with Crippen LogP contribution in [0.25, 0.3) is 0 Å². The average molecular weight is 523 g/mol. The Morgan fingerprint density at radius 3 is 1.95 bits per heavy atom. The molecule has 2 atom stereocenters. The minimum absolute atomic E-state index is 0.0477. The number of carbonyl (C=O) groups excluding carboxylic acids is 2. The molecule has 0 rings (SSSR count). The van der Waals surface area contributed by atoms with Crippen LogP contribution in [0.4, 0.5) is 0 Å². The number of carbonyl (C=O) groups is 3. The van der Waals surface area contributed by atoms with Crippen LogP contribution in [0.1, 0.15) is 131 Å². The minimum atomic E-state index is -0.831. The molecule has 0 bridgehead atoms. The lowest BCUT2D eigenvalue weighted by molar-refractivity contribution is -0.144. The molecule has 0 aliphatic carbocycles. The Kier molecular flexibility index (Phi) is 21.3. The summed E-state index contributed by atoms with van der Waals surface area (Å²) in [5, 5.41) is 12.8. The van der Waals surface area contributed by atoms with Gasteiger partial charge in [0.05, 0.1) is 0 Å². The zero-order valence-electron chi connectivity index (χ0n) is 24.8. The number of aliphatic carboxylic acids is 1. The van der Waals surface area contributed by atoms with E-state index in [9.17, 15) is 19.5 Å². The zero-order chi connectivity index (χ0) is 28.1. The number of carboxylic acids is 1. The Balaban J connectivity index is 4.09. The number of allylic oxidation sites excluding steroid dienone is 1. The van der Waals surface area contributed by atoms with Gasteiger partial charge in [-0.1, -0.05) is 71.8 Å². The molecule has 37 heavy (non-hydrogen) atoms. The molecule has 0 aromatic carbocycles. The van der Waals surface area contributed by atoms with Gasteiger partial charge in [0, 0.05) is 25.3 Å². The number of Topliss-reactive ketones (excluding diaryl/α,β-unsaturated/α-hetero) is 1. The van der Waals surface area contributed by atoms with Gasteiger partial charge >= 0.3 is 5.97 Å². The van der Waals surface area contributed by atoms with Crippen molar-refractivity contribution in [1.82, 2.24) is 10.2 Å². The van der Waals surface area contributed by atoms with Gasteiger partial charge < -0.3 is 10.4 Å². The molecule has 1 amide bonds. The highest BCUT2D eigenvalue weighted by atomic mass is 16.4. The monoisotopic (exact) mass is 522 g/mol. The maximum atomic E-state index is 12.3. The van der Waals surface area contributed by atoms with Crippen LogP contribution in [0.2, 0.25) is 0 Å². The first-order valence-electron chi connectivity index (χ1n) is 15.0. The van der Waals surface area contributed by atoms with Gasteiger partial charge in [-0.2, -0.15) is 0 Å². The number of ketones is 1. The third-order valence-electron chi connectivity index (χ3n) is 7.17. The van der Waals surface area contributed by atoms with Gasteiger partial charge in [0.2, 0.25) is 5.91 Å². The highest BCUT2D eigenvalue weighted by molar-refractivity contribution is 5.80. The number of nitrogens with zero attached hydrogens (tertiary/aromatic N) is 1. The SMILES string of the molecule is C=C(C)CCC(C)CCN(CCC)C(CCC(=O)NCCCCCCCCCCC(=O)C(C)C)C(=O)O. The Hall–Kier alpha value is -1.69. The lowest BCUT2D eigenvalue weighted by Gasteiger charge is -2.29. The smallest absolute Gasteiger partial charge is 0.320 e. The number of carboxylic acid groups (broad SMARTS) is 1. The molecule has 0 radical (unpaired) electrons. The van der Waals surface area contributed by atoms with Crippen LogP contribution >= 0.6 is 0 Å². The molecular formula is C31H58N2O4. The molecule has 0 spiro atoms. The molecule has 0 saturated heterocycles. The molecule has 0 aliphatic rings. The molecule has 2 N–H and O–H groups in total. The standard InChI is InChI=1S/C31H58N2O4/c1-7-23-33(24-21-27(6)18-17-25(2)3)28(31(36)37)19-20-30(35)32-22-15-13-11-9-8-10-12-14-16-29(34)26(4)5/h26-28H,2,7-24H2,1,3-6H3,(H,32,35)(H,36,37). The lowest BCUT2D eigenvalue weighted by Crippen LogP contribution is -2.43. The van der Waals surface area contributed by atoms with Crippen LogP contribution in [0.5, 0.6) is 0 Å². The topological polar surface area (TPSA) is 86.7 Å². The van der Waals surface area contributed by atoms with Crippen molar-refractivity contribution in [3.05, 3.63) is 12.2 Å². The van der Waals surface area contributed by atoms with Crippen LogP contribution in [0.3, 0.4) is 0 Å². The molecule has 6 nitrogen and oxygen atoms in total. The Labute approximate surface area is 228 Å². The van der Waals surface area contributed by atoms with Crippen molar-refractivity contribution in [3.8, 4) is 0 Å². The van der Waals surface area contributed by atoms with Crippen molar-refractivity contribution in [2.24, 2.45) is 11.8 Å². The lowest BCUT2D eigenvalue weighted by atomic mass is 9.98. The molecule has 0 fully saturated rings. The number of amides is 1. The van der Waals surface area contributed by atoms with Crippen LogP contribution in [0.15, 0.2) is 12.2 Å². The number of hydrogen-bond acceptors (Lipinski definition) is 4. The Morgan fingerprint density at radius 1 is 0.811 bits per heavy atom. The van der Waals surface area contributed by atoms with Gasteiger partial charge in [0.25, 0.3) is 0 Å². The van der Waals surface area contributed by atoms with Gasteiger partial charge in [-0.25, -0.2) is 0 Å². The molecule has 0 aromatic rings. The fourth-order valence-corrected chi connectivity index (χ4v) is 4.55. The van der Waals surface area contributed by atoms with Gasteiger partial charge in [0.15, 0.2) is 0 Å². The van der Waals surface area contributed by atoms with Crippen molar-refractivity contribution >= 4 is 17.7 Å². The van der Waals surface area contributed by atoms with E-state index in [0.717, 1.165) is 70.9 Å². The molecule has 0 aliphatic heterocycles. The second-order valence-corrected chi connectivity index (χ2v) is 11.4. The number of unbranched alkanes of at least 4 members (excludes halogenated alkanes) is 7. The fraction of sp³-hybridized carbons (Fsp3) is 0.839. The highest BCUT2D eigenvalue weighted by Gasteiger charge is 2.26. The summed E-state index contributed by atoms with van der Waals surface area (Å²) >= 11 is 0. The summed E-state index contributed by atoms with van der Waals surface area (Å²) in [4.78, 5) is 38.0. The first-order valence-corrected chi connectivity index (χ1v) is 15.0. The number of nitrogens with one attached hydrogen (secondary N) is 1. The second-order valence-electron chi connectivity index (χ2n) is 11.4. The molecule has 6 heteroatoms. The van der Waals surface area contributed by atoms with Crippen molar-refractivity contribution < 1.29 is 19.5 Å². The van der Waals surface area contributed by atoms with Crippen LogP contribution in [0, 0.1) is 11.8 Å². The highest BCUT2D eigenvalue weighted by Crippen LogP contribution is 2.17. The maximum absolute atomic E-state index is 12.3. The minimum Gasteiger partial charge on any atom is -0.480 e. The first kappa shape index (κ1) is 35.3. The van der Waals surface area contributed by atoms with E-state index in [-0.39, 0.29) is 18.2 Å². The van der Waals surface area contributed by atoms with Crippen LogP contribution in [-0.2, 0) is 14.4 Å². The average Bonchev–Trinajstić information content (AvgIpc) is 2.83. The summed E-state index contributed by atoms with van der Waals surface area (Å²) in [6, 6.07) is -0.609. The molecule has 0 saturated carbocycles. The largest absolute Gasteiger partial charge is 0.480 e. The van der Waals surface area contributed by atoms with Gasteiger partial charge in [-0.3, -0.25) is 19.3 Å². The van der Waals surface area contributed by atoms with Gasteiger partial charge in [-0.15, -0.1) is 6.58 Å². The Morgan fingerprint density at radius 2 is 1.41 bits per heavy atom. The van der Waals surface area contributed by atoms with E-state index in [1.165, 1.54) is 31.3 Å². The van der Waals surface area contributed by atoms with Crippen molar-refractivity contribution in [1.29, 1.82) is 0 Å². The fourth-order valence-electron chi connectivity index (χ4n) is 4.55. The van der Waals surface area contributed by atoms with E-state index in [4.69, 9.17) is 0 Å². The zero-order valence-corrected chi connectivity index (χ0v) is 24.8. The first-order chi connectivity index (χ1) is 17.6. The van der Waals surface area contributed by atoms with Crippen molar-refractivity contribution in [2.75, 3.05) is 19.6 Å². The van der Waals surface area contributed by atoms with E-state index < -0.39 is 12.0 Å². The number of rotatable bonds is 25. The van der Waals surface area contributed by atoms with E-state index >= 15 is 0 Å². The maximum Gasteiger partial charge on any atom is 0.320 e. The van der Waals surface area contributed by atoms with Gasteiger partial charge in [0.1, 0.15) is 11.8 Å². The van der Waals surface area contributed by atoms with Gasteiger partial charge in [-0.05, 0) is 70.9 Å². The van der Waals surface area contributed by atoms with Crippen molar-refractivity contribution in [2.45, 2.75) is 137 Å². The van der Waals surface area contributed by atoms with E-state index in [2.05, 4.69) is 30.6 Å². The molecule has 216 valence electrons. The number of hydrogen-bond donors (Lipinski definition) is 2. The summed E-state index contributed by atoms with van der Waals surface area (Å²) in [7, 11) is 0. The predicted octanol–water partition coefficient (Wildman–Crippen LogP) is 7.17. The molecule has 0 aromatic heterocycles. The van der Waals surface area contributed by atoms with Crippen LogP contribution in [-0.4, -0.2) is 53.3 Å². The summed E-state index contributed by atoms with van der Waals surface area (Å²) < 4.78 is 0. The molecule has 2 unspecified atom stereocenters. The predicted molar refractivity (Wildman–Crippen MR) is 155 cm³/mol. The quantitative estimate of drug-likeness (QED) is 0.0980. The third kappa shape index (κ3) is 20.0. The summed E-state index contributed by atoms with van der Waals surface area (Å²) in [6.07, 6.45) is 14.2. The summed E-state index contributed by atoms with van der Waals surface area (Å²) in [6.45, 7) is 16.4. The van der Waals surface area contributed by atoms with E-state index in [1.54, 1.807) is 0 Å². The second kappa shape index (κ2) is 22.3. The van der Waals surface area contributed by atoms with Crippen molar-refractivity contribution in [3.63, 3.8) is 0 Å². The molecule has 0 heterocycles. The molecular weight excluding hydrogens is 464 g/mol. The Bertz CT molecular complexity index is 647. The summed E-state index contributed by atoms with van der Waals surface area (Å²) in [5.41, 5.74) is 1.19. The van der Waals surface area contributed by atoms with Crippen LogP contribution < -0.4 is 5.32 Å². The third-order valence-corrected chi connectivity index (χ3v) is 7.17. The van der Waals surface area contributed by atoms with E-state index in [1.807, 2.05) is 20.8 Å². The van der Waals surface area contributed by atoms with E-state index in [0.29, 0.717) is 24.7 Å². The normalized spacial score (nSPS) is 13.1. The summed E-state index contributed by atoms with van der Waals surface area (Å²) in [5.74, 6) is 0.175.